The van der Waals surface area contributed by atoms with Gasteiger partial charge in [0, 0.05) is 19.0 Å². The van der Waals surface area contributed by atoms with Crippen molar-refractivity contribution in [1.29, 1.82) is 0 Å². The molecule has 0 spiro atoms. The standard InChI is InChI=1S/C15H16N2O2/c1-17(9-10-6-7-10)14-12-5-3-2-4-11(12)8-13(16-14)15(18)19/h2-5,8,10H,6-7,9H2,1H3,(H,18,19). The molecule has 1 aromatic heterocycles. The van der Waals surface area contributed by atoms with Crippen molar-refractivity contribution in [3.8, 4) is 0 Å². The van der Waals surface area contributed by atoms with Crippen LogP contribution in [-0.2, 0) is 0 Å². The SMILES string of the molecule is CN(CC1CC1)c1nc(C(=O)O)cc2ccccc12. The number of carbonyl (C=O) groups is 1. The van der Waals surface area contributed by atoms with E-state index < -0.39 is 5.97 Å². The fourth-order valence-electron chi connectivity index (χ4n) is 2.36. The summed E-state index contributed by atoms with van der Waals surface area (Å²) < 4.78 is 0. The fraction of sp³-hybridized carbons (Fsp3) is 0.333. The summed E-state index contributed by atoms with van der Waals surface area (Å²) >= 11 is 0. The molecule has 0 saturated heterocycles. The first-order chi connectivity index (χ1) is 9.15. The first-order valence-corrected chi connectivity index (χ1v) is 6.49. The predicted molar refractivity (Wildman–Crippen MR) is 74.7 cm³/mol. The molecule has 0 amide bonds. The first kappa shape index (κ1) is 12.0. The Balaban J connectivity index is 2.10. The lowest BCUT2D eigenvalue weighted by molar-refractivity contribution is 0.0691. The number of hydrogen-bond acceptors (Lipinski definition) is 3. The first-order valence-electron chi connectivity index (χ1n) is 6.49. The molecule has 1 saturated carbocycles. The molecule has 4 nitrogen and oxygen atoms in total. The van der Waals surface area contributed by atoms with Gasteiger partial charge in [-0.25, -0.2) is 9.78 Å². The molecule has 0 bridgehead atoms. The zero-order chi connectivity index (χ0) is 13.4. The van der Waals surface area contributed by atoms with Crippen molar-refractivity contribution in [3.63, 3.8) is 0 Å². The molecule has 1 heterocycles. The van der Waals surface area contributed by atoms with E-state index in [0.717, 1.165) is 29.1 Å². The number of carboxylic acids is 1. The van der Waals surface area contributed by atoms with E-state index in [1.807, 2.05) is 31.3 Å². The monoisotopic (exact) mass is 256 g/mol. The molecule has 0 unspecified atom stereocenters. The third-order valence-corrected chi connectivity index (χ3v) is 3.53. The minimum atomic E-state index is -0.980. The molecule has 19 heavy (non-hydrogen) atoms. The molecule has 0 atom stereocenters. The second-order valence-corrected chi connectivity index (χ2v) is 5.18. The average molecular weight is 256 g/mol. The predicted octanol–water partition coefficient (Wildman–Crippen LogP) is 2.78. The van der Waals surface area contributed by atoms with Gasteiger partial charge in [0.15, 0.2) is 5.69 Å². The van der Waals surface area contributed by atoms with Crippen molar-refractivity contribution in [2.45, 2.75) is 12.8 Å². The van der Waals surface area contributed by atoms with Crippen LogP contribution in [0.5, 0.6) is 0 Å². The lowest BCUT2D eigenvalue weighted by Crippen LogP contribution is -2.22. The van der Waals surface area contributed by atoms with Crippen molar-refractivity contribution in [3.05, 3.63) is 36.0 Å². The number of carboxylic acid groups (broad SMARTS) is 1. The number of aromatic carboxylic acids is 1. The highest BCUT2D eigenvalue weighted by Crippen LogP contribution is 2.32. The van der Waals surface area contributed by atoms with Gasteiger partial charge in [-0.2, -0.15) is 0 Å². The number of nitrogens with zero attached hydrogens (tertiary/aromatic N) is 2. The molecule has 98 valence electrons. The molecule has 0 radical (unpaired) electrons. The van der Waals surface area contributed by atoms with E-state index in [4.69, 9.17) is 5.11 Å². The lowest BCUT2D eigenvalue weighted by Gasteiger charge is -2.20. The Bertz CT molecular complexity index is 635. The Morgan fingerprint density at radius 2 is 2.16 bits per heavy atom. The Labute approximate surface area is 111 Å². The van der Waals surface area contributed by atoms with Gasteiger partial charge in [0.05, 0.1) is 0 Å². The third-order valence-electron chi connectivity index (χ3n) is 3.53. The van der Waals surface area contributed by atoms with E-state index in [2.05, 4.69) is 9.88 Å². The van der Waals surface area contributed by atoms with Gasteiger partial charge in [0.25, 0.3) is 0 Å². The van der Waals surface area contributed by atoms with Crippen LogP contribution in [0.1, 0.15) is 23.3 Å². The number of aromatic nitrogens is 1. The zero-order valence-electron chi connectivity index (χ0n) is 10.8. The van der Waals surface area contributed by atoms with Gasteiger partial charge in [-0.15, -0.1) is 0 Å². The van der Waals surface area contributed by atoms with Crippen LogP contribution < -0.4 is 4.90 Å². The highest BCUT2D eigenvalue weighted by molar-refractivity contribution is 5.97. The van der Waals surface area contributed by atoms with Gasteiger partial charge in [-0.1, -0.05) is 24.3 Å². The second kappa shape index (κ2) is 4.53. The molecule has 0 aliphatic heterocycles. The van der Waals surface area contributed by atoms with Crippen molar-refractivity contribution in [2.75, 3.05) is 18.5 Å². The van der Waals surface area contributed by atoms with Crippen LogP contribution in [0.4, 0.5) is 5.82 Å². The van der Waals surface area contributed by atoms with Crippen LogP contribution >= 0.6 is 0 Å². The Hall–Kier alpha value is -2.10. The number of rotatable bonds is 4. The normalized spacial score (nSPS) is 14.6. The highest BCUT2D eigenvalue weighted by atomic mass is 16.4. The summed E-state index contributed by atoms with van der Waals surface area (Å²) in [7, 11) is 1.98. The summed E-state index contributed by atoms with van der Waals surface area (Å²) in [4.78, 5) is 17.6. The van der Waals surface area contributed by atoms with Crippen LogP contribution in [0, 0.1) is 5.92 Å². The van der Waals surface area contributed by atoms with Gasteiger partial charge in [0.1, 0.15) is 5.82 Å². The summed E-state index contributed by atoms with van der Waals surface area (Å²) in [5.41, 5.74) is 0.108. The van der Waals surface area contributed by atoms with E-state index in [1.165, 1.54) is 12.8 Å². The smallest absolute Gasteiger partial charge is 0.354 e. The number of benzene rings is 1. The molecule has 2 aromatic rings. The van der Waals surface area contributed by atoms with E-state index in [0.29, 0.717) is 0 Å². The summed E-state index contributed by atoms with van der Waals surface area (Å²) in [6.45, 7) is 0.945. The zero-order valence-corrected chi connectivity index (χ0v) is 10.8. The van der Waals surface area contributed by atoms with Gasteiger partial charge >= 0.3 is 5.97 Å². The largest absolute Gasteiger partial charge is 0.477 e. The maximum absolute atomic E-state index is 11.2. The Morgan fingerprint density at radius 1 is 1.42 bits per heavy atom. The summed E-state index contributed by atoms with van der Waals surface area (Å²) in [5, 5.41) is 11.1. The molecular formula is C15H16N2O2. The van der Waals surface area contributed by atoms with E-state index in [-0.39, 0.29) is 5.69 Å². The number of pyridine rings is 1. The van der Waals surface area contributed by atoms with Gasteiger partial charge in [-0.05, 0) is 30.2 Å². The van der Waals surface area contributed by atoms with Gasteiger partial charge in [-0.3, -0.25) is 0 Å². The van der Waals surface area contributed by atoms with Crippen molar-refractivity contribution < 1.29 is 9.90 Å². The molecule has 1 fully saturated rings. The average Bonchev–Trinajstić information content (AvgIpc) is 3.21. The lowest BCUT2D eigenvalue weighted by atomic mass is 10.1. The maximum Gasteiger partial charge on any atom is 0.354 e. The summed E-state index contributed by atoms with van der Waals surface area (Å²) in [6.07, 6.45) is 2.53. The fourth-order valence-corrected chi connectivity index (χ4v) is 2.36. The van der Waals surface area contributed by atoms with Crippen molar-refractivity contribution >= 4 is 22.6 Å². The van der Waals surface area contributed by atoms with E-state index >= 15 is 0 Å². The van der Waals surface area contributed by atoms with E-state index in [9.17, 15) is 4.79 Å². The molecule has 1 N–H and O–H groups in total. The summed E-state index contributed by atoms with van der Waals surface area (Å²) in [6, 6.07) is 9.42. The van der Waals surface area contributed by atoms with Crippen LogP contribution in [0.3, 0.4) is 0 Å². The van der Waals surface area contributed by atoms with E-state index in [1.54, 1.807) is 6.07 Å². The summed E-state index contributed by atoms with van der Waals surface area (Å²) in [5.74, 6) is 0.522. The van der Waals surface area contributed by atoms with Gasteiger partial charge < -0.3 is 10.0 Å². The highest BCUT2D eigenvalue weighted by Gasteiger charge is 2.24. The Kier molecular flexibility index (Phi) is 2.85. The maximum atomic E-state index is 11.2. The topological polar surface area (TPSA) is 53.4 Å². The van der Waals surface area contributed by atoms with Crippen LogP contribution in [-0.4, -0.2) is 29.7 Å². The molecule has 1 aromatic carbocycles. The number of fused-ring (bicyclic) bond motifs is 1. The number of anilines is 1. The van der Waals surface area contributed by atoms with Crippen molar-refractivity contribution in [1.82, 2.24) is 4.98 Å². The van der Waals surface area contributed by atoms with Crippen LogP contribution in [0.2, 0.25) is 0 Å². The third kappa shape index (κ3) is 2.38. The van der Waals surface area contributed by atoms with Crippen molar-refractivity contribution in [2.24, 2.45) is 5.92 Å². The molecule has 4 heteroatoms. The minimum Gasteiger partial charge on any atom is -0.477 e. The molecule has 3 rings (SSSR count). The molecule has 1 aliphatic rings. The van der Waals surface area contributed by atoms with Gasteiger partial charge in [0.2, 0.25) is 0 Å². The van der Waals surface area contributed by atoms with Crippen LogP contribution in [0.25, 0.3) is 10.8 Å². The number of hydrogen-bond donors (Lipinski definition) is 1. The quantitative estimate of drug-likeness (QED) is 0.914. The molecular weight excluding hydrogens is 240 g/mol. The second-order valence-electron chi connectivity index (χ2n) is 5.18. The Morgan fingerprint density at radius 3 is 2.84 bits per heavy atom. The van der Waals surface area contributed by atoms with Crippen LogP contribution in [0.15, 0.2) is 30.3 Å². The minimum absolute atomic E-state index is 0.108. The molecule has 1 aliphatic carbocycles.